The molecule has 28 heavy (non-hydrogen) atoms. The summed E-state index contributed by atoms with van der Waals surface area (Å²) in [6.45, 7) is 3.75. The maximum Gasteiger partial charge on any atom is 0.223 e. The molecule has 9 heteroatoms. The fraction of sp³-hybridized carbons (Fsp3) is 0.158. The number of pyridine rings is 1. The van der Waals surface area contributed by atoms with Crippen molar-refractivity contribution in [2.75, 3.05) is 5.73 Å². The topological polar surface area (TPSA) is 96.6 Å². The van der Waals surface area contributed by atoms with E-state index in [2.05, 4.69) is 15.1 Å². The van der Waals surface area contributed by atoms with Crippen molar-refractivity contribution < 1.29 is 4.73 Å². The molecule has 0 unspecified atom stereocenters. The van der Waals surface area contributed by atoms with E-state index in [-0.39, 0.29) is 17.6 Å². The number of hydrogen-bond donors (Lipinski definition) is 1. The molecular formula is C19H16Cl2N6O. The van der Waals surface area contributed by atoms with Gasteiger partial charge in [-0.1, -0.05) is 53.5 Å². The molecule has 0 aliphatic carbocycles. The third-order valence-corrected chi connectivity index (χ3v) is 5.45. The summed E-state index contributed by atoms with van der Waals surface area (Å²) in [5.74, 6) is 0.0342. The molecule has 0 bridgehead atoms. The number of fused-ring (bicyclic) bond motifs is 1. The number of benzene rings is 1. The van der Waals surface area contributed by atoms with Crippen LogP contribution in [0.25, 0.3) is 22.3 Å². The van der Waals surface area contributed by atoms with Crippen molar-refractivity contribution in [3.05, 3.63) is 68.7 Å². The number of halogens is 2. The smallest absolute Gasteiger partial charge is 0.223 e. The normalized spacial score (nSPS) is 11.3. The van der Waals surface area contributed by atoms with Crippen LogP contribution in [0, 0.1) is 19.1 Å². The van der Waals surface area contributed by atoms with Crippen LogP contribution in [0.2, 0.25) is 10.2 Å². The number of anilines is 1. The van der Waals surface area contributed by atoms with Crippen LogP contribution in [-0.2, 0) is 6.54 Å². The van der Waals surface area contributed by atoms with Crippen LogP contribution in [0.1, 0.15) is 16.8 Å². The summed E-state index contributed by atoms with van der Waals surface area (Å²) in [5, 5.41) is 18.5. The van der Waals surface area contributed by atoms with Gasteiger partial charge in [0.25, 0.3) is 0 Å². The van der Waals surface area contributed by atoms with Gasteiger partial charge in [-0.3, -0.25) is 0 Å². The highest BCUT2D eigenvalue weighted by Gasteiger charge is 2.22. The van der Waals surface area contributed by atoms with Crippen LogP contribution >= 0.6 is 23.2 Å². The number of nitrogens with zero attached hydrogens (tertiary/aromatic N) is 5. The van der Waals surface area contributed by atoms with Crippen LogP contribution in [0.4, 0.5) is 5.95 Å². The summed E-state index contributed by atoms with van der Waals surface area (Å²) in [4.78, 5) is 8.38. The van der Waals surface area contributed by atoms with Gasteiger partial charge in [0.2, 0.25) is 11.6 Å². The molecule has 4 aromatic rings. The van der Waals surface area contributed by atoms with Gasteiger partial charge in [-0.05, 0) is 13.8 Å². The Morgan fingerprint density at radius 1 is 1.14 bits per heavy atom. The summed E-state index contributed by atoms with van der Waals surface area (Å²) < 4.78 is 2.41. The largest absolute Gasteiger partial charge is 0.618 e. The number of aromatic nitrogens is 5. The van der Waals surface area contributed by atoms with Crippen LogP contribution in [0.3, 0.4) is 0 Å². The van der Waals surface area contributed by atoms with Gasteiger partial charge in [0.15, 0.2) is 11.8 Å². The van der Waals surface area contributed by atoms with Gasteiger partial charge < -0.3 is 10.9 Å². The van der Waals surface area contributed by atoms with Crippen LogP contribution in [0.15, 0.2) is 36.5 Å². The summed E-state index contributed by atoms with van der Waals surface area (Å²) >= 11 is 12.7. The maximum atomic E-state index is 12.5. The maximum absolute atomic E-state index is 12.5. The summed E-state index contributed by atoms with van der Waals surface area (Å²) in [7, 11) is 0. The molecule has 0 atom stereocenters. The molecule has 2 N–H and O–H groups in total. The highest BCUT2D eigenvalue weighted by molar-refractivity contribution is 6.35. The Morgan fingerprint density at radius 2 is 1.86 bits per heavy atom. The highest BCUT2D eigenvalue weighted by atomic mass is 35.5. The molecule has 1 aromatic carbocycles. The summed E-state index contributed by atoms with van der Waals surface area (Å²) in [6.07, 6.45) is 1.45. The fourth-order valence-electron chi connectivity index (χ4n) is 3.18. The van der Waals surface area contributed by atoms with Gasteiger partial charge in [0, 0.05) is 16.7 Å². The average Bonchev–Trinajstić information content (AvgIpc) is 3.03. The molecule has 0 fully saturated rings. The molecule has 3 aromatic heterocycles. The zero-order chi connectivity index (χ0) is 20.0. The molecule has 0 aliphatic rings. The number of aryl methyl sites for hydroxylation is 1. The molecule has 7 nitrogen and oxygen atoms in total. The van der Waals surface area contributed by atoms with Crippen molar-refractivity contribution >= 4 is 40.2 Å². The molecule has 0 radical (unpaired) electrons. The number of nitrogens with two attached hydrogens (primary N) is 1. The van der Waals surface area contributed by atoms with Crippen molar-refractivity contribution in [3.8, 4) is 11.3 Å². The van der Waals surface area contributed by atoms with Gasteiger partial charge >= 0.3 is 0 Å². The Labute approximate surface area is 170 Å². The second-order valence-corrected chi connectivity index (χ2v) is 7.20. The summed E-state index contributed by atoms with van der Waals surface area (Å²) in [6, 6.07) is 9.56. The minimum atomic E-state index is 0.0342. The van der Waals surface area contributed by atoms with E-state index in [9.17, 15) is 5.21 Å². The molecule has 0 spiro atoms. The summed E-state index contributed by atoms with van der Waals surface area (Å²) in [5.41, 5.74) is 9.60. The predicted molar refractivity (Wildman–Crippen MR) is 109 cm³/mol. The Hall–Kier alpha value is -2.90. The first-order valence-electron chi connectivity index (χ1n) is 8.49. The van der Waals surface area contributed by atoms with Gasteiger partial charge in [-0.2, -0.15) is 14.8 Å². The number of rotatable bonds is 3. The van der Waals surface area contributed by atoms with E-state index in [0.717, 1.165) is 10.3 Å². The SMILES string of the molecule is Cc1c[n+]([O-])c(Cn2nc(-c3ccccc3)c3c(Cl)nc(N)nc32)c(C)c1Cl. The molecular weight excluding hydrogens is 399 g/mol. The van der Waals surface area contributed by atoms with Crippen molar-refractivity contribution in [1.29, 1.82) is 0 Å². The van der Waals surface area contributed by atoms with E-state index in [0.29, 0.717) is 38.6 Å². The van der Waals surface area contributed by atoms with E-state index >= 15 is 0 Å². The van der Waals surface area contributed by atoms with Crippen molar-refractivity contribution in [1.82, 2.24) is 19.7 Å². The lowest BCUT2D eigenvalue weighted by Gasteiger charge is -2.11. The molecule has 0 aliphatic heterocycles. The minimum absolute atomic E-state index is 0.0342. The molecule has 0 amide bonds. The second kappa shape index (κ2) is 6.92. The quantitative estimate of drug-likeness (QED) is 0.313. The van der Waals surface area contributed by atoms with Gasteiger partial charge in [0.05, 0.1) is 10.4 Å². The van der Waals surface area contributed by atoms with Crippen LogP contribution in [-0.4, -0.2) is 19.7 Å². The first kappa shape index (κ1) is 18.5. The van der Waals surface area contributed by atoms with Gasteiger partial charge in [0.1, 0.15) is 17.4 Å². The van der Waals surface area contributed by atoms with Gasteiger partial charge in [-0.15, -0.1) is 0 Å². The lowest BCUT2D eigenvalue weighted by Crippen LogP contribution is -2.34. The molecule has 142 valence electrons. The Bertz CT molecular complexity index is 1210. The van der Waals surface area contributed by atoms with Crippen LogP contribution < -0.4 is 10.5 Å². The number of nitrogen functional groups attached to an aromatic ring is 1. The Morgan fingerprint density at radius 3 is 2.57 bits per heavy atom. The van der Waals surface area contributed by atoms with Crippen molar-refractivity contribution in [3.63, 3.8) is 0 Å². The third-order valence-electron chi connectivity index (χ3n) is 4.60. The first-order valence-corrected chi connectivity index (χ1v) is 9.25. The third kappa shape index (κ3) is 3.02. The molecule has 3 heterocycles. The minimum Gasteiger partial charge on any atom is -0.618 e. The Balaban J connectivity index is 1.95. The Kier molecular flexibility index (Phi) is 4.56. The zero-order valence-corrected chi connectivity index (χ0v) is 16.7. The van der Waals surface area contributed by atoms with E-state index in [1.807, 2.05) is 30.3 Å². The fourth-order valence-corrected chi connectivity index (χ4v) is 3.60. The molecule has 0 saturated heterocycles. The van der Waals surface area contributed by atoms with Crippen molar-refractivity contribution in [2.24, 2.45) is 0 Å². The van der Waals surface area contributed by atoms with E-state index < -0.39 is 0 Å². The van der Waals surface area contributed by atoms with E-state index in [4.69, 9.17) is 28.9 Å². The van der Waals surface area contributed by atoms with Crippen molar-refractivity contribution in [2.45, 2.75) is 20.4 Å². The first-order chi connectivity index (χ1) is 13.4. The number of hydrogen-bond acceptors (Lipinski definition) is 5. The van der Waals surface area contributed by atoms with E-state index in [1.165, 1.54) is 6.20 Å². The molecule has 0 saturated carbocycles. The predicted octanol–water partition coefficient (Wildman–Crippen LogP) is 3.68. The van der Waals surface area contributed by atoms with E-state index in [1.54, 1.807) is 18.5 Å². The van der Waals surface area contributed by atoms with Gasteiger partial charge in [-0.25, -0.2) is 9.67 Å². The van der Waals surface area contributed by atoms with Crippen LogP contribution in [0.5, 0.6) is 0 Å². The average molecular weight is 415 g/mol. The zero-order valence-electron chi connectivity index (χ0n) is 15.1. The highest BCUT2D eigenvalue weighted by Crippen LogP contribution is 2.32. The molecule has 4 rings (SSSR count). The lowest BCUT2D eigenvalue weighted by atomic mass is 10.1. The lowest BCUT2D eigenvalue weighted by molar-refractivity contribution is -0.615. The monoisotopic (exact) mass is 414 g/mol. The second-order valence-electron chi connectivity index (χ2n) is 6.47. The standard InChI is InChI=1S/C19H16Cl2N6O/c1-10-8-27(28)13(11(2)15(10)20)9-26-18-14(17(21)23-19(22)24-18)16(25-26)12-6-4-3-5-7-12/h3-8H,9H2,1-2H3,(H2,22,23,24).